The molecule has 18 heavy (non-hydrogen) atoms. The van der Waals surface area contributed by atoms with Gasteiger partial charge in [-0.3, -0.25) is 9.89 Å². The van der Waals surface area contributed by atoms with E-state index in [2.05, 4.69) is 10.2 Å². The number of phenols is 1. The summed E-state index contributed by atoms with van der Waals surface area (Å²) >= 11 is 0. The number of H-pyrrole nitrogens is 1. The van der Waals surface area contributed by atoms with Crippen LogP contribution >= 0.6 is 0 Å². The van der Waals surface area contributed by atoms with Crippen LogP contribution in [0, 0.1) is 6.92 Å². The van der Waals surface area contributed by atoms with Crippen LogP contribution in [0.25, 0.3) is 0 Å². The summed E-state index contributed by atoms with van der Waals surface area (Å²) in [6.45, 7) is 1.74. The Bertz CT molecular complexity index is 592. The predicted octanol–water partition coefficient (Wildman–Crippen LogP) is 1.28. The molecule has 0 saturated carbocycles. The van der Waals surface area contributed by atoms with Crippen molar-refractivity contribution in [1.29, 1.82) is 0 Å². The van der Waals surface area contributed by atoms with Crippen LogP contribution in [0.2, 0.25) is 0 Å². The molecule has 6 nitrogen and oxygen atoms in total. The van der Waals surface area contributed by atoms with Gasteiger partial charge in [-0.1, -0.05) is 6.07 Å². The number of aryl methyl sites for hydroxylation is 1. The van der Waals surface area contributed by atoms with Gasteiger partial charge in [0.1, 0.15) is 5.75 Å². The Hall–Kier alpha value is -2.50. The number of anilines is 2. The topological polar surface area (TPSA) is 95.2 Å². The summed E-state index contributed by atoms with van der Waals surface area (Å²) in [4.78, 5) is 13.6. The minimum Gasteiger partial charge on any atom is -0.508 e. The second kappa shape index (κ2) is 4.40. The number of nitrogens with one attached hydrogen (secondary N) is 1. The van der Waals surface area contributed by atoms with Crippen LogP contribution in [-0.4, -0.2) is 28.3 Å². The Balaban J connectivity index is 2.32. The zero-order chi connectivity index (χ0) is 13.3. The Morgan fingerprint density at radius 2 is 2.22 bits per heavy atom. The summed E-state index contributed by atoms with van der Waals surface area (Å²) in [6.07, 6.45) is 0. The number of nitrogens with zero attached hydrogens (tertiary/aromatic N) is 2. The van der Waals surface area contributed by atoms with E-state index in [-0.39, 0.29) is 17.4 Å². The Kier molecular flexibility index (Phi) is 2.93. The minimum absolute atomic E-state index is 0.0957. The summed E-state index contributed by atoms with van der Waals surface area (Å²) in [5.41, 5.74) is 7.50. The first kappa shape index (κ1) is 12.0. The quantitative estimate of drug-likeness (QED) is 0.743. The minimum atomic E-state index is -0.331. The van der Waals surface area contributed by atoms with E-state index in [1.54, 1.807) is 26.1 Å². The highest BCUT2D eigenvalue weighted by Crippen LogP contribution is 2.22. The van der Waals surface area contributed by atoms with Crippen LogP contribution < -0.4 is 10.6 Å². The molecule has 0 bridgehead atoms. The molecular formula is C12H14N4O2. The normalized spacial score (nSPS) is 10.3. The number of rotatable bonds is 2. The highest BCUT2D eigenvalue weighted by Gasteiger charge is 2.20. The number of aromatic hydroxyl groups is 1. The van der Waals surface area contributed by atoms with Crippen LogP contribution in [-0.2, 0) is 0 Å². The van der Waals surface area contributed by atoms with Gasteiger partial charge in [-0.2, -0.15) is 5.10 Å². The zero-order valence-corrected chi connectivity index (χ0v) is 10.1. The third kappa shape index (κ3) is 2.00. The van der Waals surface area contributed by atoms with Crippen LogP contribution in [0.15, 0.2) is 24.3 Å². The fraction of sp³-hybridized carbons (Fsp3) is 0.167. The van der Waals surface area contributed by atoms with Crippen molar-refractivity contribution in [2.75, 3.05) is 17.7 Å². The lowest BCUT2D eigenvalue weighted by Gasteiger charge is -2.16. The van der Waals surface area contributed by atoms with Crippen LogP contribution in [0.4, 0.5) is 11.4 Å². The Labute approximate surface area is 104 Å². The van der Waals surface area contributed by atoms with Gasteiger partial charge in [0.2, 0.25) is 0 Å². The van der Waals surface area contributed by atoms with Crippen molar-refractivity contribution in [1.82, 2.24) is 10.2 Å². The number of carbonyl (C=O) groups is 1. The van der Waals surface area contributed by atoms with Crippen LogP contribution in [0.5, 0.6) is 5.75 Å². The van der Waals surface area contributed by atoms with E-state index < -0.39 is 0 Å². The standard InChI is InChI=1S/C12H14N4O2/c1-7-10(13)11(15-14-7)12(18)16(2)8-4-3-5-9(17)6-8/h3-6,17H,13H2,1-2H3,(H,14,15). The van der Waals surface area contributed by atoms with E-state index in [0.29, 0.717) is 17.1 Å². The first-order valence-electron chi connectivity index (χ1n) is 5.38. The molecule has 2 rings (SSSR count). The summed E-state index contributed by atoms with van der Waals surface area (Å²) in [5, 5.41) is 15.9. The number of benzene rings is 1. The van der Waals surface area contributed by atoms with E-state index in [4.69, 9.17) is 5.73 Å². The molecule has 4 N–H and O–H groups in total. The number of carbonyl (C=O) groups excluding carboxylic acids is 1. The molecule has 2 aromatic rings. The molecule has 0 atom stereocenters. The molecule has 0 aliphatic carbocycles. The molecule has 0 aliphatic rings. The Morgan fingerprint density at radius 1 is 1.50 bits per heavy atom. The summed E-state index contributed by atoms with van der Waals surface area (Å²) < 4.78 is 0. The molecule has 6 heteroatoms. The van der Waals surface area contributed by atoms with E-state index in [1.165, 1.54) is 17.0 Å². The van der Waals surface area contributed by atoms with Crippen molar-refractivity contribution in [3.8, 4) is 5.75 Å². The number of nitrogens with two attached hydrogens (primary N) is 1. The number of phenolic OH excluding ortho intramolecular Hbond substituents is 1. The number of hydrogen-bond donors (Lipinski definition) is 3. The van der Waals surface area contributed by atoms with Gasteiger partial charge in [-0.05, 0) is 19.1 Å². The van der Waals surface area contributed by atoms with Gasteiger partial charge >= 0.3 is 0 Å². The summed E-state index contributed by atoms with van der Waals surface area (Å²) in [7, 11) is 1.60. The molecule has 1 aromatic carbocycles. The molecule has 0 saturated heterocycles. The zero-order valence-electron chi connectivity index (χ0n) is 10.1. The van der Waals surface area contributed by atoms with Gasteiger partial charge in [0.15, 0.2) is 5.69 Å². The van der Waals surface area contributed by atoms with Crippen molar-refractivity contribution < 1.29 is 9.90 Å². The molecule has 0 aliphatic heterocycles. The SMILES string of the molecule is Cc1[nH]nc(C(=O)N(C)c2cccc(O)c2)c1N. The lowest BCUT2D eigenvalue weighted by molar-refractivity contribution is 0.0989. The molecule has 0 fully saturated rings. The fourth-order valence-corrected chi connectivity index (χ4v) is 1.58. The third-order valence-electron chi connectivity index (χ3n) is 2.72. The number of aromatic nitrogens is 2. The van der Waals surface area contributed by atoms with Crippen molar-refractivity contribution in [2.45, 2.75) is 6.92 Å². The lowest BCUT2D eigenvalue weighted by atomic mass is 10.2. The van der Waals surface area contributed by atoms with Gasteiger partial charge in [0, 0.05) is 18.8 Å². The molecule has 0 spiro atoms. The predicted molar refractivity (Wildman–Crippen MR) is 68.6 cm³/mol. The van der Waals surface area contributed by atoms with E-state index in [0.717, 1.165) is 0 Å². The maximum Gasteiger partial charge on any atom is 0.280 e. The average molecular weight is 246 g/mol. The second-order valence-corrected chi connectivity index (χ2v) is 3.99. The van der Waals surface area contributed by atoms with Crippen molar-refractivity contribution in [2.24, 2.45) is 0 Å². The molecular weight excluding hydrogens is 232 g/mol. The molecule has 94 valence electrons. The van der Waals surface area contributed by atoms with E-state index in [9.17, 15) is 9.90 Å². The maximum absolute atomic E-state index is 12.2. The monoisotopic (exact) mass is 246 g/mol. The molecule has 0 unspecified atom stereocenters. The number of amides is 1. The molecule has 1 aromatic heterocycles. The van der Waals surface area contributed by atoms with E-state index in [1.807, 2.05) is 0 Å². The number of nitrogen functional groups attached to an aromatic ring is 1. The molecule has 1 amide bonds. The van der Waals surface area contributed by atoms with Crippen LogP contribution in [0.3, 0.4) is 0 Å². The fourth-order valence-electron chi connectivity index (χ4n) is 1.58. The van der Waals surface area contributed by atoms with Gasteiger partial charge in [0.05, 0.1) is 11.4 Å². The third-order valence-corrected chi connectivity index (χ3v) is 2.72. The van der Waals surface area contributed by atoms with Crippen molar-refractivity contribution >= 4 is 17.3 Å². The highest BCUT2D eigenvalue weighted by molar-refractivity contribution is 6.07. The van der Waals surface area contributed by atoms with Gasteiger partial charge in [0.25, 0.3) is 5.91 Å². The largest absolute Gasteiger partial charge is 0.508 e. The van der Waals surface area contributed by atoms with Crippen molar-refractivity contribution in [3.63, 3.8) is 0 Å². The van der Waals surface area contributed by atoms with Gasteiger partial charge in [-0.15, -0.1) is 0 Å². The molecule has 0 radical (unpaired) electrons. The summed E-state index contributed by atoms with van der Waals surface area (Å²) in [5.74, 6) is -0.235. The summed E-state index contributed by atoms with van der Waals surface area (Å²) in [6, 6.07) is 6.41. The maximum atomic E-state index is 12.2. The van der Waals surface area contributed by atoms with E-state index >= 15 is 0 Å². The first-order chi connectivity index (χ1) is 8.50. The number of aromatic amines is 1. The second-order valence-electron chi connectivity index (χ2n) is 3.99. The van der Waals surface area contributed by atoms with Gasteiger partial charge < -0.3 is 15.7 Å². The number of hydrogen-bond acceptors (Lipinski definition) is 4. The lowest BCUT2D eigenvalue weighted by Crippen LogP contribution is -2.27. The average Bonchev–Trinajstić information content (AvgIpc) is 2.68. The van der Waals surface area contributed by atoms with Gasteiger partial charge in [-0.25, -0.2) is 0 Å². The Morgan fingerprint density at radius 3 is 2.78 bits per heavy atom. The first-order valence-corrected chi connectivity index (χ1v) is 5.38. The molecule has 1 heterocycles. The van der Waals surface area contributed by atoms with Crippen LogP contribution in [0.1, 0.15) is 16.2 Å². The smallest absolute Gasteiger partial charge is 0.280 e. The highest BCUT2D eigenvalue weighted by atomic mass is 16.3. The van der Waals surface area contributed by atoms with Crippen molar-refractivity contribution in [3.05, 3.63) is 35.7 Å².